The van der Waals surface area contributed by atoms with Gasteiger partial charge in [0.1, 0.15) is 0 Å². The second kappa shape index (κ2) is 5.14. The van der Waals surface area contributed by atoms with Crippen molar-refractivity contribution in [3.05, 3.63) is 39.3 Å². The van der Waals surface area contributed by atoms with Crippen LogP contribution in [-0.2, 0) is 4.79 Å². The van der Waals surface area contributed by atoms with E-state index in [9.17, 15) is 4.79 Å². The van der Waals surface area contributed by atoms with Gasteiger partial charge in [0, 0.05) is 21.1 Å². The molecule has 0 aromatic heterocycles. The fourth-order valence-electron chi connectivity index (χ4n) is 0.877. The quantitative estimate of drug-likeness (QED) is 0.376. The van der Waals surface area contributed by atoms with Crippen molar-refractivity contribution in [1.29, 1.82) is 0 Å². The Labute approximate surface area is 95.0 Å². The van der Waals surface area contributed by atoms with Gasteiger partial charge in [0.05, 0.1) is 0 Å². The van der Waals surface area contributed by atoms with Gasteiger partial charge in [0.2, 0.25) is 0 Å². The van der Waals surface area contributed by atoms with Gasteiger partial charge in [-0.1, -0.05) is 33.6 Å². The first-order valence-corrected chi connectivity index (χ1v) is 4.95. The van der Waals surface area contributed by atoms with Gasteiger partial charge in [0.25, 0.3) is 5.91 Å². The van der Waals surface area contributed by atoms with Gasteiger partial charge in [-0.2, -0.15) is 0 Å². The van der Waals surface area contributed by atoms with Crippen LogP contribution in [0, 0.1) is 0 Å². The van der Waals surface area contributed by atoms with Crippen LogP contribution < -0.4 is 11.3 Å². The Morgan fingerprint density at radius 1 is 1.57 bits per heavy atom. The minimum absolute atomic E-state index is 0.378. The molecule has 5 heteroatoms. The molecule has 0 aliphatic heterocycles. The molecule has 0 unspecified atom stereocenters. The Hall–Kier alpha value is -0.840. The van der Waals surface area contributed by atoms with E-state index in [0.717, 1.165) is 10.0 Å². The zero-order valence-corrected chi connectivity index (χ0v) is 9.47. The number of nitrogens with one attached hydrogen (secondary N) is 1. The predicted molar refractivity (Wildman–Crippen MR) is 60.5 cm³/mol. The number of hydrogen-bond acceptors (Lipinski definition) is 2. The summed E-state index contributed by atoms with van der Waals surface area (Å²) in [5, 5.41) is 0.570. The van der Waals surface area contributed by atoms with Crippen molar-refractivity contribution >= 4 is 39.5 Å². The second-order valence-corrected chi connectivity index (χ2v) is 3.74. The molecule has 0 aliphatic rings. The molecule has 0 atom stereocenters. The van der Waals surface area contributed by atoms with Crippen molar-refractivity contribution in [2.45, 2.75) is 0 Å². The molecule has 1 amide bonds. The predicted octanol–water partition coefficient (Wildman–Crippen LogP) is 2.11. The monoisotopic (exact) mass is 274 g/mol. The van der Waals surface area contributed by atoms with E-state index in [1.165, 1.54) is 6.08 Å². The molecule has 1 aromatic rings. The average molecular weight is 276 g/mol. The number of benzene rings is 1. The van der Waals surface area contributed by atoms with Gasteiger partial charge in [-0.25, -0.2) is 5.84 Å². The summed E-state index contributed by atoms with van der Waals surface area (Å²) in [6.07, 6.45) is 2.90. The van der Waals surface area contributed by atoms with Gasteiger partial charge < -0.3 is 0 Å². The van der Waals surface area contributed by atoms with Crippen molar-refractivity contribution in [3.8, 4) is 0 Å². The molecule has 1 aromatic carbocycles. The summed E-state index contributed by atoms with van der Waals surface area (Å²) >= 11 is 9.23. The third-order valence-electron chi connectivity index (χ3n) is 1.54. The van der Waals surface area contributed by atoms with E-state index in [0.29, 0.717) is 5.02 Å². The zero-order valence-electron chi connectivity index (χ0n) is 7.13. The van der Waals surface area contributed by atoms with Crippen LogP contribution in [0.5, 0.6) is 0 Å². The summed E-state index contributed by atoms with van der Waals surface area (Å²) in [4.78, 5) is 10.8. The zero-order chi connectivity index (χ0) is 10.6. The van der Waals surface area contributed by atoms with Gasteiger partial charge in [-0.05, 0) is 18.2 Å². The number of carbonyl (C=O) groups is 1. The Bertz CT molecular complexity index is 359. The third kappa shape index (κ3) is 2.83. The average Bonchev–Trinajstić information content (AvgIpc) is 2.16. The number of carbonyl (C=O) groups excluding carboxylic acids is 1. The lowest BCUT2D eigenvalue weighted by molar-refractivity contribution is -0.116. The van der Waals surface area contributed by atoms with Crippen molar-refractivity contribution in [2.24, 2.45) is 5.84 Å². The highest BCUT2D eigenvalue weighted by molar-refractivity contribution is 9.10. The molecule has 0 heterocycles. The lowest BCUT2D eigenvalue weighted by atomic mass is 10.2. The number of hydrogen-bond donors (Lipinski definition) is 2. The lowest BCUT2D eigenvalue weighted by Gasteiger charge is -2.00. The number of rotatable bonds is 2. The van der Waals surface area contributed by atoms with Crippen molar-refractivity contribution in [1.82, 2.24) is 5.43 Å². The summed E-state index contributed by atoms with van der Waals surface area (Å²) in [7, 11) is 0. The number of halogens is 2. The highest BCUT2D eigenvalue weighted by atomic mass is 79.9. The molecule has 0 saturated carbocycles. The SMILES string of the molecule is NNC(=O)/C=C/c1c(Cl)cccc1Br. The molecule has 0 spiro atoms. The molecule has 0 radical (unpaired) electrons. The van der Waals surface area contributed by atoms with Crippen molar-refractivity contribution in [3.63, 3.8) is 0 Å². The van der Waals surface area contributed by atoms with E-state index in [-0.39, 0.29) is 5.91 Å². The smallest absolute Gasteiger partial charge is 0.257 e. The van der Waals surface area contributed by atoms with Gasteiger partial charge in [0.15, 0.2) is 0 Å². The topological polar surface area (TPSA) is 55.1 Å². The molecular formula is C9H8BrClN2O. The second-order valence-electron chi connectivity index (χ2n) is 2.48. The standard InChI is InChI=1S/C9H8BrClN2O/c10-7-2-1-3-8(11)6(7)4-5-9(14)13-12/h1-5H,12H2,(H,13,14)/b5-4+. The summed E-state index contributed by atoms with van der Waals surface area (Å²) in [6, 6.07) is 5.39. The Kier molecular flexibility index (Phi) is 4.13. The normalized spacial score (nSPS) is 10.5. The maximum atomic E-state index is 10.8. The Morgan fingerprint density at radius 3 is 2.86 bits per heavy atom. The Morgan fingerprint density at radius 2 is 2.29 bits per heavy atom. The van der Waals surface area contributed by atoms with E-state index in [1.54, 1.807) is 12.1 Å². The van der Waals surface area contributed by atoms with Crippen LogP contribution in [0.3, 0.4) is 0 Å². The first-order valence-electron chi connectivity index (χ1n) is 3.78. The van der Waals surface area contributed by atoms with Crippen LogP contribution in [0.1, 0.15) is 5.56 Å². The number of amides is 1. The van der Waals surface area contributed by atoms with E-state index >= 15 is 0 Å². The minimum atomic E-state index is -0.378. The number of hydrazine groups is 1. The summed E-state index contributed by atoms with van der Waals surface area (Å²) in [5.74, 6) is 4.54. The van der Waals surface area contributed by atoms with Crippen LogP contribution >= 0.6 is 27.5 Å². The maximum absolute atomic E-state index is 10.8. The molecule has 0 fully saturated rings. The first kappa shape index (κ1) is 11.2. The van der Waals surface area contributed by atoms with Crippen LogP contribution in [0.2, 0.25) is 5.02 Å². The molecule has 0 bridgehead atoms. The molecule has 0 aliphatic carbocycles. The largest absolute Gasteiger partial charge is 0.291 e. The van der Waals surface area contributed by atoms with Gasteiger partial charge in [-0.15, -0.1) is 0 Å². The minimum Gasteiger partial charge on any atom is -0.291 e. The third-order valence-corrected chi connectivity index (χ3v) is 2.56. The molecule has 74 valence electrons. The van der Waals surface area contributed by atoms with E-state index in [4.69, 9.17) is 17.4 Å². The summed E-state index contributed by atoms with van der Waals surface area (Å²) in [6.45, 7) is 0. The van der Waals surface area contributed by atoms with Gasteiger partial charge in [-0.3, -0.25) is 10.2 Å². The summed E-state index contributed by atoms with van der Waals surface area (Å²) < 4.78 is 0.825. The molecule has 0 saturated heterocycles. The molecule has 1 rings (SSSR count). The van der Waals surface area contributed by atoms with Gasteiger partial charge >= 0.3 is 0 Å². The number of nitrogens with two attached hydrogens (primary N) is 1. The van der Waals surface area contributed by atoms with E-state index in [2.05, 4.69) is 15.9 Å². The first-order chi connectivity index (χ1) is 6.65. The van der Waals surface area contributed by atoms with Crippen LogP contribution in [0.4, 0.5) is 0 Å². The molecule has 14 heavy (non-hydrogen) atoms. The molecule has 3 N–H and O–H groups in total. The Balaban J connectivity index is 2.96. The lowest BCUT2D eigenvalue weighted by Crippen LogP contribution is -2.27. The van der Waals surface area contributed by atoms with Crippen LogP contribution in [-0.4, -0.2) is 5.91 Å². The molecule has 3 nitrogen and oxygen atoms in total. The van der Waals surface area contributed by atoms with Crippen molar-refractivity contribution < 1.29 is 4.79 Å². The van der Waals surface area contributed by atoms with E-state index < -0.39 is 0 Å². The van der Waals surface area contributed by atoms with Crippen molar-refractivity contribution in [2.75, 3.05) is 0 Å². The fraction of sp³-hybridized carbons (Fsp3) is 0. The highest BCUT2D eigenvalue weighted by Gasteiger charge is 2.01. The maximum Gasteiger partial charge on any atom is 0.257 e. The van der Waals surface area contributed by atoms with Crippen LogP contribution in [0.25, 0.3) is 6.08 Å². The van der Waals surface area contributed by atoms with E-state index in [1.807, 2.05) is 17.6 Å². The highest BCUT2D eigenvalue weighted by Crippen LogP contribution is 2.25. The molecular weight excluding hydrogens is 267 g/mol. The van der Waals surface area contributed by atoms with Crippen LogP contribution in [0.15, 0.2) is 28.7 Å². The summed E-state index contributed by atoms with van der Waals surface area (Å²) in [5.41, 5.74) is 2.74. The fourth-order valence-corrected chi connectivity index (χ4v) is 1.73.